The predicted molar refractivity (Wildman–Crippen MR) is 50.7 cm³/mol. The molecule has 4 heteroatoms. The van der Waals surface area contributed by atoms with Gasteiger partial charge in [0.25, 0.3) is 5.91 Å². The SMILES string of the molecule is C=CCNC(=O)C(=C)C(=C)C(N)=O. The van der Waals surface area contributed by atoms with Crippen molar-refractivity contribution in [1.82, 2.24) is 5.32 Å². The van der Waals surface area contributed by atoms with Crippen LogP contribution in [0.25, 0.3) is 0 Å². The fraction of sp³-hybridized carbons (Fsp3) is 0.111. The molecule has 0 aliphatic rings. The number of rotatable bonds is 5. The van der Waals surface area contributed by atoms with Crippen molar-refractivity contribution in [2.45, 2.75) is 0 Å². The zero-order valence-electron chi connectivity index (χ0n) is 7.30. The van der Waals surface area contributed by atoms with Crippen molar-refractivity contribution in [1.29, 1.82) is 0 Å². The van der Waals surface area contributed by atoms with Crippen molar-refractivity contribution in [2.24, 2.45) is 5.73 Å². The average Bonchev–Trinajstić information content (AvgIpc) is 2.11. The Morgan fingerprint density at radius 1 is 1.31 bits per heavy atom. The van der Waals surface area contributed by atoms with E-state index in [9.17, 15) is 9.59 Å². The maximum Gasteiger partial charge on any atom is 0.251 e. The van der Waals surface area contributed by atoms with E-state index in [1.807, 2.05) is 0 Å². The number of carbonyl (C=O) groups is 2. The van der Waals surface area contributed by atoms with E-state index in [-0.39, 0.29) is 11.1 Å². The van der Waals surface area contributed by atoms with Gasteiger partial charge in [0.15, 0.2) is 0 Å². The number of primary amides is 1. The van der Waals surface area contributed by atoms with Crippen LogP contribution in [0.5, 0.6) is 0 Å². The maximum absolute atomic E-state index is 11.1. The van der Waals surface area contributed by atoms with Crippen LogP contribution in [0.15, 0.2) is 37.0 Å². The van der Waals surface area contributed by atoms with Gasteiger partial charge in [0.05, 0.1) is 0 Å². The first kappa shape index (κ1) is 11.2. The summed E-state index contributed by atoms with van der Waals surface area (Å²) in [6.45, 7) is 10.4. The second-order valence-electron chi connectivity index (χ2n) is 2.32. The quantitative estimate of drug-likeness (QED) is 0.352. The van der Waals surface area contributed by atoms with E-state index in [1.165, 1.54) is 6.08 Å². The lowest BCUT2D eigenvalue weighted by atomic mass is 10.1. The zero-order chi connectivity index (χ0) is 10.4. The fourth-order valence-corrected chi connectivity index (χ4v) is 0.557. The number of hydrogen-bond acceptors (Lipinski definition) is 2. The molecule has 0 saturated carbocycles. The molecular weight excluding hydrogens is 168 g/mol. The van der Waals surface area contributed by atoms with Gasteiger partial charge < -0.3 is 11.1 Å². The third kappa shape index (κ3) is 3.37. The van der Waals surface area contributed by atoms with E-state index in [4.69, 9.17) is 5.73 Å². The lowest BCUT2D eigenvalue weighted by Gasteiger charge is -2.05. The molecule has 0 heterocycles. The van der Waals surface area contributed by atoms with Crippen molar-refractivity contribution >= 4 is 11.8 Å². The van der Waals surface area contributed by atoms with Gasteiger partial charge in [-0.1, -0.05) is 19.2 Å². The summed E-state index contributed by atoms with van der Waals surface area (Å²) in [5, 5.41) is 2.44. The van der Waals surface area contributed by atoms with E-state index in [1.54, 1.807) is 0 Å². The highest BCUT2D eigenvalue weighted by molar-refractivity contribution is 6.09. The molecule has 0 saturated heterocycles. The minimum atomic E-state index is -0.751. The van der Waals surface area contributed by atoms with Gasteiger partial charge >= 0.3 is 0 Å². The van der Waals surface area contributed by atoms with E-state index >= 15 is 0 Å². The second kappa shape index (κ2) is 4.92. The summed E-state index contributed by atoms with van der Waals surface area (Å²) < 4.78 is 0. The third-order valence-corrected chi connectivity index (χ3v) is 1.34. The van der Waals surface area contributed by atoms with Crippen LogP contribution in [0.2, 0.25) is 0 Å². The van der Waals surface area contributed by atoms with Crippen LogP contribution in [0.1, 0.15) is 0 Å². The molecule has 0 rings (SSSR count). The molecule has 2 amide bonds. The Bertz CT molecular complexity index is 279. The largest absolute Gasteiger partial charge is 0.366 e. The highest BCUT2D eigenvalue weighted by Gasteiger charge is 2.12. The van der Waals surface area contributed by atoms with Gasteiger partial charge in [-0.05, 0) is 0 Å². The van der Waals surface area contributed by atoms with Gasteiger partial charge in [-0.15, -0.1) is 6.58 Å². The molecule has 0 aliphatic heterocycles. The summed E-state index contributed by atoms with van der Waals surface area (Å²) in [7, 11) is 0. The monoisotopic (exact) mass is 180 g/mol. The normalized spacial score (nSPS) is 8.62. The van der Waals surface area contributed by atoms with Crippen LogP contribution in [-0.2, 0) is 9.59 Å². The van der Waals surface area contributed by atoms with Gasteiger partial charge in [-0.25, -0.2) is 0 Å². The molecular formula is C9H12N2O2. The van der Waals surface area contributed by atoms with Crippen LogP contribution >= 0.6 is 0 Å². The van der Waals surface area contributed by atoms with Crippen LogP contribution < -0.4 is 11.1 Å². The van der Waals surface area contributed by atoms with E-state index in [0.29, 0.717) is 6.54 Å². The zero-order valence-corrected chi connectivity index (χ0v) is 7.30. The summed E-state index contributed by atoms with van der Waals surface area (Å²) in [5.74, 6) is -1.22. The number of nitrogens with two attached hydrogens (primary N) is 1. The predicted octanol–water partition coefficient (Wildman–Crippen LogP) is -0.114. The summed E-state index contributed by atoms with van der Waals surface area (Å²) >= 11 is 0. The Morgan fingerprint density at radius 2 is 1.85 bits per heavy atom. The van der Waals surface area contributed by atoms with Crippen LogP contribution in [-0.4, -0.2) is 18.4 Å². The van der Waals surface area contributed by atoms with Gasteiger partial charge in [0.1, 0.15) is 0 Å². The van der Waals surface area contributed by atoms with Crippen molar-refractivity contribution in [3.63, 3.8) is 0 Å². The number of hydrogen-bond donors (Lipinski definition) is 2. The Kier molecular flexibility index (Phi) is 4.23. The first-order chi connectivity index (χ1) is 6.00. The molecule has 3 N–H and O–H groups in total. The Balaban J connectivity index is 4.26. The third-order valence-electron chi connectivity index (χ3n) is 1.34. The molecule has 13 heavy (non-hydrogen) atoms. The molecule has 0 unspecified atom stereocenters. The van der Waals surface area contributed by atoms with Crippen molar-refractivity contribution in [2.75, 3.05) is 6.54 Å². The number of carbonyl (C=O) groups excluding carboxylic acids is 2. The lowest BCUT2D eigenvalue weighted by molar-refractivity contribution is -0.119. The Hall–Kier alpha value is -1.84. The van der Waals surface area contributed by atoms with Gasteiger partial charge in [0.2, 0.25) is 5.91 Å². The van der Waals surface area contributed by atoms with E-state index in [2.05, 4.69) is 25.1 Å². The number of amides is 2. The number of nitrogens with one attached hydrogen (secondary N) is 1. The molecule has 0 aromatic carbocycles. The van der Waals surface area contributed by atoms with Crippen LogP contribution in [0.4, 0.5) is 0 Å². The summed E-state index contributed by atoms with van der Waals surface area (Å²) in [6.07, 6.45) is 1.51. The van der Waals surface area contributed by atoms with Crippen molar-refractivity contribution in [3.05, 3.63) is 37.0 Å². The van der Waals surface area contributed by atoms with E-state index in [0.717, 1.165) is 0 Å². The molecule has 0 atom stereocenters. The minimum absolute atomic E-state index is 0.0191. The molecule has 0 spiro atoms. The topological polar surface area (TPSA) is 72.2 Å². The molecule has 70 valence electrons. The fourth-order valence-electron chi connectivity index (χ4n) is 0.557. The Labute approximate surface area is 76.8 Å². The standard InChI is InChI=1S/C9H12N2O2/c1-4-5-11-9(13)7(3)6(2)8(10)12/h4H,1-3,5H2,(H2,10,12)(H,11,13). The molecule has 0 fully saturated rings. The molecule has 0 aromatic rings. The molecule has 0 aromatic heterocycles. The van der Waals surface area contributed by atoms with Crippen molar-refractivity contribution in [3.8, 4) is 0 Å². The summed E-state index contributed by atoms with van der Waals surface area (Å²) in [4.78, 5) is 21.7. The first-order valence-corrected chi connectivity index (χ1v) is 3.57. The molecule has 0 aliphatic carbocycles. The second-order valence-corrected chi connectivity index (χ2v) is 2.32. The van der Waals surface area contributed by atoms with E-state index < -0.39 is 11.8 Å². The van der Waals surface area contributed by atoms with Gasteiger partial charge in [-0.2, -0.15) is 0 Å². The lowest BCUT2D eigenvalue weighted by Crippen LogP contribution is -2.28. The van der Waals surface area contributed by atoms with Crippen LogP contribution in [0.3, 0.4) is 0 Å². The maximum atomic E-state index is 11.1. The molecule has 4 nitrogen and oxygen atoms in total. The summed E-state index contributed by atoms with van der Waals surface area (Å²) in [6, 6.07) is 0. The molecule has 0 bridgehead atoms. The highest BCUT2D eigenvalue weighted by Crippen LogP contribution is 2.03. The van der Waals surface area contributed by atoms with Gasteiger partial charge in [0, 0.05) is 17.7 Å². The molecule has 0 radical (unpaired) electrons. The highest BCUT2D eigenvalue weighted by atomic mass is 16.2. The average molecular weight is 180 g/mol. The minimum Gasteiger partial charge on any atom is -0.366 e. The van der Waals surface area contributed by atoms with Crippen LogP contribution in [0, 0.1) is 0 Å². The smallest absolute Gasteiger partial charge is 0.251 e. The first-order valence-electron chi connectivity index (χ1n) is 3.57. The van der Waals surface area contributed by atoms with Gasteiger partial charge in [-0.3, -0.25) is 9.59 Å². The summed E-state index contributed by atoms with van der Waals surface area (Å²) in [5.41, 5.74) is 4.80. The van der Waals surface area contributed by atoms with Crippen molar-refractivity contribution < 1.29 is 9.59 Å². The Morgan fingerprint density at radius 3 is 2.23 bits per heavy atom.